The summed E-state index contributed by atoms with van der Waals surface area (Å²) in [4.78, 5) is 61.2. The van der Waals surface area contributed by atoms with Crippen LogP contribution in [0.3, 0.4) is 0 Å². The molecule has 0 radical (unpaired) electrons. The zero-order chi connectivity index (χ0) is 26.6. The molecule has 0 saturated carbocycles. The van der Waals surface area contributed by atoms with Gasteiger partial charge in [0.2, 0.25) is 5.91 Å². The van der Waals surface area contributed by atoms with E-state index in [1.165, 1.54) is 15.8 Å². The molecule has 0 aliphatic carbocycles. The zero-order valence-corrected chi connectivity index (χ0v) is 19.9. The molecule has 1 N–H and O–H groups in total. The lowest BCUT2D eigenvalue weighted by Gasteiger charge is -2.35. The van der Waals surface area contributed by atoms with Crippen molar-refractivity contribution in [3.05, 3.63) is 55.9 Å². The second-order valence-electron chi connectivity index (χ2n) is 8.00. The summed E-state index contributed by atoms with van der Waals surface area (Å²) < 4.78 is 6.35. The van der Waals surface area contributed by atoms with Gasteiger partial charge in [0.15, 0.2) is 0 Å². The number of carbonyl (C=O) groups is 3. The van der Waals surface area contributed by atoms with Crippen LogP contribution in [-0.4, -0.2) is 80.1 Å². The Morgan fingerprint density at radius 2 is 1.61 bits per heavy atom. The SMILES string of the molecule is CCOC(=O)N1CCN(C(=O)C(C)n2cc(NC(=O)c3cc([N+](=O)[O-])cc([N+](=O)[O-])c3)c(C)n2)CC1. The molecule has 3 rings (SSSR count). The van der Waals surface area contributed by atoms with Crippen molar-refractivity contribution in [1.29, 1.82) is 0 Å². The normalized spacial score (nSPS) is 14.2. The fourth-order valence-electron chi connectivity index (χ4n) is 3.64. The average Bonchev–Trinajstić information content (AvgIpc) is 3.22. The minimum Gasteiger partial charge on any atom is -0.450 e. The summed E-state index contributed by atoms with van der Waals surface area (Å²) in [7, 11) is 0. The Bertz CT molecular complexity index is 1170. The zero-order valence-electron chi connectivity index (χ0n) is 19.9. The van der Waals surface area contributed by atoms with Gasteiger partial charge in [-0.25, -0.2) is 4.79 Å². The Morgan fingerprint density at radius 1 is 1.06 bits per heavy atom. The van der Waals surface area contributed by atoms with E-state index in [0.29, 0.717) is 31.9 Å². The number of amides is 3. The minimum absolute atomic E-state index is 0.229. The van der Waals surface area contributed by atoms with Crippen LogP contribution in [0.25, 0.3) is 0 Å². The number of piperazine rings is 1. The number of anilines is 1. The Hall–Kier alpha value is -4.56. The number of benzene rings is 1. The lowest BCUT2D eigenvalue weighted by molar-refractivity contribution is -0.394. The third-order valence-corrected chi connectivity index (χ3v) is 5.62. The Morgan fingerprint density at radius 3 is 2.14 bits per heavy atom. The number of nitrogens with one attached hydrogen (secondary N) is 1. The van der Waals surface area contributed by atoms with Gasteiger partial charge in [0, 0.05) is 44.5 Å². The fourth-order valence-corrected chi connectivity index (χ4v) is 3.64. The Balaban J connectivity index is 1.70. The van der Waals surface area contributed by atoms with Crippen LogP contribution in [0.2, 0.25) is 0 Å². The molecule has 0 bridgehead atoms. The number of rotatable bonds is 7. The number of aromatic nitrogens is 2. The first-order valence-electron chi connectivity index (χ1n) is 11.0. The Kier molecular flexibility index (Phi) is 7.81. The smallest absolute Gasteiger partial charge is 0.409 e. The van der Waals surface area contributed by atoms with E-state index in [9.17, 15) is 34.6 Å². The van der Waals surface area contributed by atoms with Gasteiger partial charge in [0.1, 0.15) is 6.04 Å². The van der Waals surface area contributed by atoms with E-state index in [-0.39, 0.29) is 23.8 Å². The summed E-state index contributed by atoms with van der Waals surface area (Å²) in [6.07, 6.45) is 1.02. The number of non-ortho nitro benzene ring substituents is 2. The van der Waals surface area contributed by atoms with E-state index >= 15 is 0 Å². The molecular weight excluding hydrogens is 478 g/mol. The van der Waals surface area contributed by atoms with Crippen LogP contribution in [0.5, 0.6) is 0 Å². The molecular formula is C21H25N7O8. The van der Waals surface area contributed by atoms with E-state index in [1.807, 2.05) is 0 Å². The standard InChI is InChI=1S/C21H25N7O8/c1-4-36-21(31)25-7-5-24(6-8-25)20(30)14(3)26-12-18(13(2)23-26)22-19(29)15-9-16(27(32)33)11-17(10-15)28(34)35/h9-12,14H,4-8H2,1-3H3,(H,22,29). The highest BCUT2D eigenvalue weighted by atomic mass is 16.6. The molecule has 1 saturated heterocycles. The van der Waals surface area contributed by atoms with Crippen LogP contribution in [0.1, 0.15) is 35.9 Å². The second kappa shape index (κ2) is 10.8. The minimum atomic E-state index is -0.826. The van der Waals surface area contributed by atoms with Crippen LogP contribution in [-0.2, 0) is 9.53 Å². The van der Waals surface area contributed by atoms with Crippen LogP contribution in [0.4, 0.5) is 21.9 Å². The van der Waals surface area contributed by atoms with Gasteiger partial charge in [-0.15, -0.1) is 0 Å². The summed E-state index contributed by atoms with van der Waals surface area (Å²) >= 11 is 0. The van der Waals surface area contributed by atoms with Crippen molar-refractivity contribution in [2.75, 3.05) is 38.1 Å². The van der Waals surface area contributed by atoms with Crippen molar-refractivity contribution >= 4 is 35.0 Å². The topological polar surface area (TPSA) is 183 Å². The van der Waals surface area contributed by atoms with Crippen LogP contribution >= 0.6 is 0 Å². The molecule has 1 atom stereocenters. The first-order valence-corrected chi connectivity index (χ1v) is 11.0. The van der Waals surface area contributed by atoms with Gasteiger partial charge in [-0.2, -0.15) is 5.10 Å². The van der Waals surface area contributed by atoms with Gasteiger partial charge in [-0.1, -0.05) is 0 Å². The maximum absolute atomic E-state index is 13.0. The maximum Gasteiger partial charge on any atom is 0.409 e. The van der Waals surface area contributed by atoms with E-state index in [2.05, 4.69) is 10.4 Å². The molecule has 1 aromatic carbocycles. The number of nitrogens with zero attached hydrogens (tertiary/aromatic N) is 6. The molecule has 3 amide bonds. The van der Waals surface area contributed by atoms with Crippen LogP contribution in [0.15, 0.2) is 24.4 Å². The predicted octanol–water partition coefficient (Wildman–Crippen LogP) is 2.12. The van der Waals surface area contributed by atoms with E-state index in [4.69, 9.17) is 4.74 Å². The highest BCUT2D eigenvalue weighted by molar-refractivity contribution is 6.05. The van der Waals surface area contributed by atoms with E-state index < -0.39 is 39.3 Å². The lowest BCUT2D eigenvalue weighted by Crippen LogP contribution is -2.52. The highest BCUT2D eigenvalue weighted by Crippen LogP contribution is 2.24. The van der Waals surface area contributed by atoms with Crippen molar-refractivity contribution in [2.45, 2.75) is 26.8 Å². The molecule has 1 aliphatic heterocycles. The molecule has 15 nitrogen and oxygen atoms in total. The molecule has 1 fully saturated rings. The first-order chi connectivity index (χ1) is 17.0. The molecule has 1 unspecified atom stereocenters. The summed E-state index contributed by atoms with van der Waals surface area (Å²) in [5, 5.41) is 29.0. The molecule has 2 aromatic rings. The monoisotopic (exact) mass is 503 g/mol. The third kappa shape index (κ3) is 5.73. The van der Waals surface area contributed by atoms with E-state index in [0.717, 1.165) is 18.2 Å². The number of hydrogen-bond acceptors (Lipinski definition) is 9. The molecule has 36 heavy (non-hydrogen) atoms. The fraction of sp³-hybridized carbons (Fsp3) is 0.429. The molecule has 2 heterocycles. The van der Waals surface area contributed by atoms with Crippen LogP contribution < -0.4 is 5.32 Å². The lowest BCUT2D eigenvalue weighted by atomic mass is 10.1. The van der Waals surface area contributed by atoms with Gasteiger partial charge in [-0.3, -0.25) is 34.5 Å². The first kappa shape index (κ1) is 26.1. The average molecular weight is 503 g/mol. The number of carbonyl (C=O) groups excluding carboxylic acids is 3. The second-order valence-corrected chi connectivity index (χ2v) is 8.00. The van der Waals surface area contributed by atoms with Crippen molar-refractivity contribution in [3.8, 4) is 0 Å². The number of nitro benzene ring substituents is 2. The quantitative estimate of drug-likeness (QED) is 0.437. The Labute approximate surface area is 204 Å². The summed E-state index contributed by atoms with van der Waals surface area (Å²) in [5.41, 5.74) is -0.851. The molecule has 1 aliphatic rings. The van der Waals surface area contributed by atoms with Crippen molar-refractivity contribution in [1.82, 2.24) is 19.6 Å². The maximum atomic E-state index is 13.0. The molecule has 1 aromatic heterocycles. The van der Waals surface area contributed by atoms with Gasteiger partial charge in [0.25, 0.3) is 17.3 Å². The number of hydrogen-bond donors (Lipinski definition) is 1. The van der Waals surface area contributed by atoms with E-state index in [1.54, 1.807) is 25.7 Å². The molecule has 15 heteroatoms. The van der Waals surface area contributed by atoms with Gasteiger partial charge < -0.3 is 19.9 Å². The summed E-state index contributed by atoms with van der Waals surface area (Å²) in [6, 6.07) is 1.91. The van der Waals surface area contributed by atoms with Crippen LogP contribution in [0, 0.1) is 27.2 Å². The molecule has 0 spiro atoms. The predicted molar refractivity (Wildman–Crippen MR) is 125 cm³/mol. The van der Waals surface area contributed by atoms with Gasteiger partial charge in [0.05, 0.1) is 39.5 Å². The summed E-state index contributed by atoms with van der Waals surface area (Å²) in [5.74, 6) is -1.04. The van der Waals surface area contributed by atoms with Crippen molar-refractivity contribution < 1.29 is 29.0 Å². The van der Waals surface area contributed by atoms with Crippen molar-refractivity contribution in [2.24, 2.45) is 0 Å². The third-order valence-electron chi connectivity index (χ3n) is 5.62. The largest absolute Gasteiger partial charge is 0.450 e. The van der Waals surface area contributed by atoms with Gasteiger partial charge in [-0.05, 0) is 20.8 Å². The number of aryl methyl sites for hydroxylation is 1. The number of ether oxygens (including phenoxy) is 1. The number of nitro groups is 2. The highest BCUT2D eigenvalue weighted by Gasteiger charge is 2.29. The van der Waals surface area contributed by atoms with Gasteiger partial charge >= 0.3 is 6.09 Å². The summed E-state index contributed by atoms with van der Waals surface area (Å²) in [6.45, 7) is 6.56. The molecule has 192 valence electrons. The van der Waals surface area contributed by atoms with Crippen molar-refractivity contribution in [3.63, 3.8) is 0 Å².